The number of aryl methyl sites for hydroxylation is 1. The van der Waals surface area contributed by atoms with Crippen LogP contribution in [0.4, 0.5) is 4.39 Å². The number of aromatic nitrogens is 3. The molecule has 0 saturated carbocycles. The number of hydrogen-bond acceptors (Lipinski definition) is 5. The first kappa shape index (κ1) is 20.0. The van der Waals surface area contributed by atoms with E-state index >= 15 is 4.39 Å². The molecule has 6 rings (SSSR count). The molecule has 1 N–H and O–H groups in total. The van der Waals surface area contributed by atoms with Crippen LogP contribution in [0.25, 0.3) is 17.1 Å². The fraction of sp³-hybridized carbons (Fsp3) is 0.417. The summed E-state index contributed by atoms with van der Waals surface area (Å²) in [7, 11) is 2.03. The lowest BCUT2D eigenvalue weighted by Crippen LogP contribution is -2.31. The standard InChI is InChI=1S/C24H23ClFN5O/c1-11-13-5-7-27-24(32)19(13)14-4-3-12-9-28-21(20(26)18(12)17(11)14)23-29-16-6-8-31(2)10-15(16)22(25)30-23/h9,11H,3-8,10H2,1-2H3,(H,27,32). The zero-order valence-corrected chi connectivity index (χ0v) is 18.8. The molecule has 1 amide bonds. The third-order valence-corrected chi connectivity index (χ3v) is 7.55. The van der Waals surface area contributed by atoms with Crippen LogP contribution in [0, 0.1) is 11.7 Å². The summed E-state index contributed by atoms with van der Waals surface area (Å²) in [5, 5.41) is 3.31. The molecule has 4 heterocycles. The van der Waals surface area contributed by atoms with Gasteiger partial charge in [-0.3, -0.25) is 4.79 Å². The van der Waals surface area contributed by atoms with E-state index in [1.807, 2.05) is 7.05 Å². The fourth-order valence-corrected chi connectivity index (χ4v) is 5.91. The summed E-state index contributed by atoms with van der Waals surface area (Å²) in [6.45, 7) is 4.26. The van der Waals surface area contributed by atoms with Crippen LogP contribution in [0.2, 0.25) is 5.15 Å². The maximum atomic E-state index is 16.1. The Morgan fingerprint density at radius 2 is 2.06 bits per heavy atom. The summed E-state index contributed by atoms with van der Waals surface area (Å²) in [4.78, 5) is 28.3. The lowest BCUT2D eigenvalue weighted by molar-refractivity contribution is -0.117. The molecule has 2 aromatic heterocycles. The Kier molecular flexibility index (Phi) is 4.49. The van der Waals surface area contributed by atoms with E-state index in [2.05, 4.69) is 32.1 Å². The lowest BCUT2D eigenvalue weighted by atomic mass is 9.82. The molecular weight excluding hydrogens is 429 g/mol. The molecule has 1 unspecified atom stereocenters. The van der Waals surface area contributed by atoms with Crippen molar-refractivity contribution in [2.24, 2.45) is 5.92 Å². The van der Waals surface area contributed by atoms with Crippen LogP contribution in [0.3, 0.4) is 0 Å². The Morgan fingerprint density at radius 3 is 2.91 bits per heavy atom. The van der Waals surface area contributed by atoms with E-state index in [1.165, 1.54) is 0 Å². The Hall–Kier alpha value is -2.64. The molecule has 32 heavy (non-hydrogen) atoms. The molecule has 2 aliphatic carbocycles. The Labute approximate surface area is 190 Å². The van der Waals surface area contributed by atoms with Crippen molar-refractivity contribution in [2.75, 3.05) is 20.1 Å². The molecule has 0 spiro atoms. The highest BCUT2D eigenvalue weighted by Gasteiger charge is 2.40. The zero-order valence-electron chi connectivity index (χ0n) is 18.1. The summed E-state index contributed by atoms with van der Waals surface area (Å²) in [6, 6.07) is 0. The van der Waals surface area contributed by atoms with Crippen LogP contribution in [-0.4, -0.2) is 45.9 Å². The minimum atomic E-state index is -0.411. The van der Waals surface area contributed by atoms with Gasteiger partial charge in [0.05, 0.1) is 5.69 Å². The molecule has 8 heteroatoms. The van der Waals surface area contributed by atoms with Crippen LogP contribution >= 0.6 is 11.6 Å². The second-order valence-electron chi connectivity index (χ2n) is 9.09. The van der Waals surface area contributed by atoms with E-state index in [-0.39, 0.29) is 23.3 Å². The molecule has 4 aliphatic rings. The first-order valence-electron chi connectivity index (χ1n) is 11.1. The number of hydrogen-bond donors (Lipinski definition) is 1. The van der Waals surface area contributed by atoms with Crippen LogP contribution in [-0.2, 0) is 24.2 Å². The fourth-order valence-electron chi connectivity index (χ4n) is 5.67. The topological polar surface area (TPSA) is 71.0 Å². The summed E-state index contributed by atoms with van der Waals surface area (Å²) >= 11 is 6.48. The normalized spacial score (nSPS) is 22.4. The number of nitrogens with zero attached hydrogens (tertiary/aromatic N) is 4. The van der Waals surface area contributed by atoms with Gasteiger partial charge in [0.15, 0.2) is 11.6 Å². The summed E-state index contributed by atoms with van der Waals surface area (Å²) in [5.74, 6) is -0.201. The summed E-state index contributed by atoms with van der Waals surface area (Å²) < 4.78 is 16.1. The van der Waals surface area contributed by atoms with Crippen LogP contribution in [0.5, 0.6) is 0 Å². The van der Waals surface area contributed by atoms with Gasteiger partial charge in [-0.1, -0.05) is 18.5 Å². The first-order valence-corrected chi connectivity index (χ1v) is 11.5. The number of rotatable bonds is 1. The first-order chi connectivity index (χ1) is 15.4. The highest BCUT2D eigenvalue weighted by Crippen LogP contribution is 2.51. The van der Waals surface area contributed by atoms with Gasteiger partial charge in [0.25, 0.3) is 5.91 Å². The van der Waals surface area contributed by atoms with Crippen LogP contribution in [0.1, 0.15) is 42.1 Å². The van der Waals surface area contributed by atoms with E-state index in [9.17, 15) is 4.79 Å². The van der Waals surface area contributed by atoms with Gasteiger partial charge >= 0.3 is 0 Å². The molecule has 2 aliphatic heterocycles. The maximum absolute atomic E-state index is 16.1. The van der Waals surface area contributed by atoms with E-state index in [0.29, 0.717) is 30.2 Å². The number of amides is 1. The van der Waals surface area contributed by atoms with Gasteiger partial charge in [-0.15, -0.1) is 0 Å². The smallest absolute Gasteiger partial charge is 0.251 e. The highest BCUT2D eigenvalue weighted by molar-refractivity contribution is 6.30. The second kappa shape index (κ2) is 7.18. The molecule has 164 valence electrons. The molecule has 2 aromatic rings. The van der Waals surface area contributed by atoms with Gasteiger partial charge in [0, 0.05) is 54.9 Å². The largest absolute Gasteiger partial charge is 0.352 e. The van der Waals surface area contributed by atoms with E-state index in [4.69, 9.17) is 11.6 Å². The number of nitrogens with one attached hydrogen (secondary N) is 1. The minimum absolute atomic E-state index is 0.0124. The number of carbonyl (C=O) groups excluding carboxylic acids is 1. The van der Waals surface area contributed by atoms with Crippen molar-refractivity contribution < 1.29 is 9.18 Å². The van der Waals surface area contributed by atoms with Crippen molar-refractivity contribution >= 4 is 23.1 Å². The summed E-state index contributed by atoms with van der Waals surface area (Å²) in [6.07, 6.45) is 4.68. The lowest BCUT2D eigenvalue weighted by Gasteiger charge is -2.25. The molecule has 0 aromatic carbocycles. The number of fused-ring (bicyclic) bond motifs is 4. The average molecular weight is 452 g/mol. The van der Waals surface area contributed by atoms with Crippen molar-refractivity contribution in [1.29, 1.82) is 0 Å². The second-order valence-corrected chi connectivity index (χ2v) is 9.45. The summed E-state index contributed by atoms with van der Waals surface area (Å²) in [5.41, 5.74) is 7.16. The number of pyridine rings is 1. The third kappa shape index (κ3) is 2.80. The van der Waals surface area contributed by atoms with Crippen LogP contribution < -0.4 is 5.32 Å². The molecule has 0 bridgehead atoms. The number of allylic oxidation sites excluding steroid dienone is 1. The SMILES string of the molecule is CC1C2=C(C(=O)NCC2)C2=C1c1c(cnc(-c3nc(Cl)c4c(n3)CCN(C)C4)c1F)CC2. The van der Waals surface area contributed by atoms with Gasteiger partial charge in [0.1, 0.15) is 10.8 Å². The molecule has 6 nitrogen and oxygen atoms in total. The Bertz CT molecular complexity index is 1270. The third-order valence-electron chi connectivity index (χ3n) is 7.23. The van der Waals surface area contributed by atoms with Crippen LogP contribution in [0.15, 0.2) is 22.9 Å². The Morgan fingerprint density at radius 1 is 1.22 bits per heavy atom. The highest BCUT2D eigenvalue weighted by atomic mass is 35.5. The quantitative estimate of drug-likeness (QED) is 0.672. The van der Waals surface area contributed by atoms with E-state index in [0.717, 1.165) is 64.9 Å². The molecule has 1 atom stereocenters. The van der Waals surface area contributed by atoms with Gasteiger partial charge < -0.3 is 10.2 Å². The number of halogens is 2. The van der Waals surface area contributed by atoms with Gasteiger partial charge in [0.2, 0.25) is 0 Å². The molecule has 0 saturated heterocycles. The maximum Gasteiger partial charge on any atom is 0.251 e. The molecule has 0 radical (unpaired) electrons. The van der Waals surface area contributed by atoms with E-state index in [1.54, 1.807) is 6.20 Å². The predicted molar refractivity (Wildman–Crippen MR) is 119 cm³/mol. The zero-order chi connectivity index (χ0) is 22.1. The monoisotopic (exact) mass is 451 g/mol. The number of carbonyl (C=O) groups is 1. The molecular formula is C24H23ClFN5O. The van der Waals surface area contributed by atoms with E-state index < -0.39 is 5.82 Å². The van der Waals surface area contributed by atoms with Crippen molar-refractivity contribution in [2.45, 2.75) is 39.2 Å². The van der Waals surface area contributed by atoms with Crippen molar-refractivity contribution in [3.8, 4) is 11.5 Å². The van der Waals surface area contributed by atoms with Crippen molar-refractivity contribution in [3.05, 3.63) is 56.3 Å². The average Bonchev–Trinajstić information content (AvgIpc) is 3.08. The predicted octanol–water partition coefficient (Wildman–Crippen LogP) is 3.49. The van der Waals surface area contributed by atoms with Gasteiger partial charge in [-0.25, -0.2) is 19.3 Å². The van der Waals surface area contributed by atoms with Crippen molar-refractivity contribution in [3.63, 3.8) is 0 Å². The minimum Gasteiger partial charge on any atom is -0.352 e. The van der Waals surface area contributed by atoms with Gasteiger partial charge in [-0.2, -0.15) is 0 Å². The molecule has 0 fully saturated rings. The number of likely N-dealkylation sites (N-methyl/N-ethyl adjacent to an activating group) is 1. The Balaban J connectivity index is 1.49. The van der Waals surface area contributed by atoms with Crippen molar-refractivity contribution in [1.82, 2.24) is 25.2 Å². The van der Waals surface area contributed by atoms with Gasteiger partial charge in [-0.05, 0) is 48.6 Å².